The lowest BCUT2D eigenvalue weighted by Crippen LogP contribution is -2.40. The number of aliphatic hydroxyl groups is 1. The molecule has 1 aromatic rings. The first-order chi connectivity index (χ1) is 9.29. The Morgan fingerprint density at radius 1 is 1.35 bits per heavy atom. The van der Waals surface area contributed by atoms with Crippen LogP contribution in [-0.2, 0) is 16.6 Å². The number of rotatable bonds is 5. The van der Waals surface area contributed by atoms with Crippen LogP contribution in [0.1, 0.15) is 31.7 Å². The van der Waals surface area contributed by atoms with Crippen LogP contribution in [0.4, 0.5) is 8.78 Å². The largest absolute Gasteiger partial charge is 0.391 e. The highest BCUT2D eigenvalue weighted by molar-refractivity contribution is 7.89. The van der Waals surface area contributed by atoms with Crippen molar-refractivity contribution in [3.05, 3.63) is 29.3 Å². The molecule has 0 radical (unpaired) electrons. The molecule has 112 valence electrons. The molecular weight excluding hydrogens is 288 g/mol. The van der Waals surface area contributed by atoms with Crippen LogP contribution in [0.5, 0.6) is 0 Å². The predicted molar refractivity (Wildman–Crippen MR) is 69.4 cm³/mol. The minimum atomic E-state index is -4.05. The van der Waals surface area contributed by atoms with Crippen molar-refractivity contribution in [2.24, 2.45) is 5.41 Å². The zero-order valence-electron chi connectivity index (χ0n) is 11.1. The molecule has 0 aliphatic heterocycles. The molecule has 0 amide bonds. The summed E-state index contributed by atoms with van der Waals surface area (Å²) in [5.41, 5.74) is -0.730. The zero-order chi connectivity index (χ0) is 15.0. The molecule has 20 heavy (non-hydrogen) atoms. The van der Waals surface area contributed by atoms with E-state index in [1.807, 2.05) is 6.92 Å². The van der Waals surface area contributed by atoms with Crippen molar-refractivity contribution >= 4 is 10.0 Å². The third-order valence-electron chi connectivity index (χ3n) is 3.85. The lowest BCUT2D eigenvalue weighted by molar-refractivity contribution is 0.166. The quantitative estimate of drug-likeness (QED) is 0.873. The van der Waals surface area contributed by atoms with Crippen LogP contribution in [-0.4, -0.2) is 20.1 Å². The summed E-state index contributed by atoms with van der Waals surface area (Å²) in [6, 6.07) is 1.71. The Labute approximate surface area is 116 Å². The highest BCUT2D eigenvalue weighted by Crippen LogP contribution is 2.39. The molecule has 0 aromatic heterocycles. The van der Waals surface area contributed by atoms with Crippen molar-refractivity contribution in [2.45, 2.75) is 37.7 Å². The van der Waals surface area contributed by atoms with Crippen molar-refractivity contribution in [3.8, 4) is 0 Å². The smallest absolute Gasteiger partial charge is 0.243 e. The Morgan fingerprint density at radius 2 is 2.00 bits per heavy atom. The van der Waals surface area contributed by atoms with Crippen molar-refractivity contribution in [2.75, 3.05) is 6.54 Å². The maximum Gasteiger partial charge on any atom is 0.243 e. The van der Waals surface area contributed by atoms with Crippen LogP contribution in [0.2, 0.25) is 0 Å². The van der Waals surface area contributed by atoms with Crippen molar-refractivity contribution in [1.29, 1.82) is 0 Å². The van der Waals surface area contributed by atoms with E-state index < -0.39 is 38.7 Å². The van der Waals surface area contributed by atoms with E-state index in [4.69, 9.17) is 5.11 Å². The van der Waals surface area contributed by atoms with Gasteiger partial charge in [0.25, 0.3) is 0 Å². The Balaban J connectivity index is 2.25. The second-order valence-corrected chi connectivity index (χ2v) is 7.22. The van der Waals surface area contributed by atoms with Gasteiger partial charge in [-0.25, -0.2) is 21.9 Å². The van der Waals surface area contributed by atoms with Crippen LogP contribution >= 0.6 is 0 Å². The van der Waals surface area contributed by atoms with Gasteiger partial charge in [0.1, 0.15) is 10.7 Å². The molecule has 1 aliphatic carbocycles. The molecule has 0 atom stereocenters. The second kappa shape index (κ2) is 5.38. The monoisotopic (exact) mass is 305 g/mol. The molecule has 2 N–H and O–H groups in total. The van der Waals surface area contributed by atoms with E-state index in [0.29, 0.717) is 0 Å². The average molecular weight is 305 g/mol. The van der Waals surface area contributed by atoms with Crippen LogP contribution in [0.3, 0.4) is 0 Å². The van der Waals surface area contributed by atoms with E-state index >= 15 is 0 Å². The van der Waals surface area contributed by atoms with Crippen LogP contribution in [0, 0.1) is 17.0 Å². The fourth-order valence-electron chi connectivity index (χ4n) is 2.23. The first-order valence-electron chi connectivity index (χ1n) is 6.36. The topological polar surface area (TPSA) is 66.4 Å². The zero-order valence-corrected chi connectivity index (χ0v) is 11.9. The van der Waals surface area contributed by atoms with Gasteiger partial charge in [-0.05, 0) is 30.4 Å². The van der Waals surface area contributed by atoms with E-state index in [1.54, 1.807) is 0 Å². The minimum absolute atomic E-state index is 0.0939. The molecule has 0 bridgehead atoms. The highest BCUT2D eigenvalue weighted by atomic mass is 32.2. The number of hydrogen-bond donors (Lipinski definition) is 2. The number of hydrogen-bond acceptors (Lipinski definition) is 3. The molecule has 7 heteroatoms. The number of aliphatic hydroxyl groups excluding tert-OH is 1. The van der Waals surface area contributed by atoms with Gasteiger partial charge < -0.3 is 5.11 Å². The molecule has 0 spiro atoms. The van der Waals surface area contributed by atoms with Crippen molar-refractivity contribution < 1.29 is 22.3 Å². The Morgan fingerprint density at radius 3 is 2.50 bits per heavy atom. The van der Waals surface area contributed by atoms with E-state index in [2.05, 4.69) is 4.72 Å². The van der Waals surface area contributed by atoms with E-state index in [-0.39, 0.29) is 12.0 Å². The number of sulfonamides is 1. The van der Waals surface area contributed by atoms with Gasteiger partial charge in [0.05, 0.1) is 12.2 Å². The predicted octanol–water partition coefficient (Wildman–Crippen LogP) is 1.93. The van der Waals surface area contributed by atoms with Gasteiger partial charge in [-0.2, -0.15) is 0 Å². The minimum Gasteiger partial charge on any atom is -0.391 e. The summed E-state index contributed by atoms with van der Waals surface area (Å²) in [5.74, 6) is -2.20. The third-order valence-corrected chi connectivity index (χ3v) is 5.27. The normalized spacial score (nSPS) is 17.8. The molecule has 1 aliphatic rings. The van der Waals surface area contributed by atoms with Gasteiger partial charge >= 0.3 is 0 Å². The average Bonchev–Trinajstić information content (AvgIpc) is 2.34. The Kier molecular flexibility index (Phi) is 4.13. The Bertz CT molecular complexity index is 612. The summed E-state index contributed by atoms with van der Waals surface area (Å²) in [4.78, 5) is -0.633. The lowest BCUT2D eigenvalue weighted by Gasteiger charge is -2.38. The van der Waals surface area contributed by atoms with Gasteiger partial charge in [0, 0.05) is 6.54 Å². The molecule has 4 nitrogen and oxygen atoms in total. The molecule has 1 aromatic carbocycles. The standard InChI is InChI=1S/C13H17F2NO3S/c1-13(5-2-6-13)8-16-20(18,19)11-4-3-10(14)9(7-17)12(11)15/h3-4,16-17H,2,5-8H2,1H3. The SMILES string of the molecule is CC1(CNS(=O)(=O)c2ccc(F)c(CO)c2F)CCC1. The maximum absolute atomic E-state index is 13.9. The van der Waals surface area contributed by atoms with Gasteiger partial charge in [0.15, 0.2) is 5.82 Å². The van der Waals surface area contributed by atoms with E-state index in [0.717, 1.165) is 31.4 Å². The van der Waals surface area contributed by atoms with Gasteiger partial charge in [-0.15, -0.1) is 0 Å². The summed E-state index contributed by atoms with van der Waals surface area (Å²) >= 11 is 0. The third kappa shape index (κ3) is 2.84. The fraction of sp³-hybridized carbons (Fsp3) is 0.538. The first-order valence-corrected chi connectivity index (χ1v) is 7.85. The maximum atomic E-state index is 13.9. The molecular formula is C13H17F2NO3S. The Hall–Kier alpha value is -1.05. The number of nitrogens with one attached hydrogen (secondary N) is 1. The summed E-state index contributed by atoms with van der Waals surface area (Å²) < 4.78 is 53.7. The molecule has 0 heterocycles. The van der Waals surface area contributed by atoms with Crippen molar-refractivity contribution in [1.82, 2.24) is 4.72 Å². The van der Waals surface area contributed by atoms with Crippen LogP contribution < -0.4 is 4.72 Å². The number of benzene rings is 1. The summed E-state index contributed by atoms with van der Waals surface area (Å²) in [6.07, 6.45) is 2.89. The van der Waals surface area contributed by atoms with Gasteiger partial charge in [-0.1, -0.05) is 13.3 Å². The second-order valence-electron chi connectivity index (χ2n) is 5.48. The molecule has 1 fully saturated rings. The van der Waals surface area contributed by atoms with Crippen LogP contribution in [0.15, 0.2) is 17.0 Å². The molecule has 2 rings (SSSR count). The first kappa shape index (κ1) is 15.3. The summed E-state index contributed by atoms with van der Waals surface area (Å²) in [7, 11) is -4.05. The molecule has 0 saturated heterocycles. The molecule has 1 saturated carbocycles. The van der Waals surface area contributed by atoms with Crippen LogP contribution in [0.25, 0.3) is 0 Å². The van der Waals surface area contributed by atoms with E-state index in [1.165, 1.54) is 0 Å². The molecule has 0 unspecified atom stereocenters. The highest BCUT2D eigenvalue weighted by Gasteiger charge is 2.33. The fourth-order valence-corrected chi connectivity index (χ4v) is 3.53. The number of halogens is 2. The van der Waals surface area contributed by atoms with Crippen molar-refractivity contribution in [3.63, 3.8) is 0 Å². The van der Waals surface area contributed by atoms with E-state index in [9.17, 15) is 17.2 Å². The lowest BCUT2D eigenvalue weighted by atomic mass is 9.71. The summed E-state index contributed by atoms with van der Waals surface area (Å²) in [6.45, 7) is 1.29. The summed E-state index contributed by atoms with van der Waals surface area (Å²) in [5, 5.41) is 8.90. The van der Waals surface area contributed by atoms with Gasteiger partial charge in [-0.3, -0.25) is 0 Å². The van der Waals surface area contributed by atoms with Gasteiger partial charge in [0.2, 0.25) is 10.0 Å².